The number of hydrogen-bond donors (Lipinski definition) is 0. The maximum absolute atomic E-state index is 13.3. The Morgan fingerprint density at radius 3 is 2.53 bits per heavy atom. The number of unbranched alkanes of at least 4 members (excludes halogenated alkanes) is 3. The Kier molecular flexibility index (Phi) is 5.98. The van der Waals surface area contributed by atoms with Crippen molar-refractivity contribution < 1.29 is 19.1 Å². The number of ether oxygens (including phenoxy) is 1. The Hall–Kier alpha value is -1.45. The average molecular weight is 415 g/mol. The normalized spacial score (nSPS) is 40.3. The average Bonchev–Trinajstić information content (AvgIpc) is 3.01. The third kappa shape index (κ3) is 3.58. The van der Waals surface area contributed by atoms with Gasteiger partial charge in [-0.05, 0) is 61.9 Å². The molecule has 0 aliphatic heterocycles. The zero-order valence-electron chi connectivity index (χ0n) is 19.0. The largest absolute Gasteiger partial charge is 0.462 e. The second-order valence-electron chi connectivity index (χ2n) is 10.8. The number of allylic oxidation sites excluding steroid dienone is 1. The zero-order valence-corrected chi connectivity index (χ0v) is 19.0. The van der Waals surface area contributed by atoms with Gasteiger partial charge in [0.15, 0.2) is 5.78 Å². The predicted molar refractivity (Wildman–Crippen MR) is 116 cm³/mol. The molecule has 0 amide bonds. The Morgan fingerprint density at radius 1 is 1.03 bits per heavy atom. The summed E-state index contributed by atoms with van der Waals surface area (Å²) in [6.45, 7) is 6.60. The standard InChI is InChI=1S/C26H38O4/c1-4-5-6-7-8-23(29)30-18-11-13-25(2)17(15-18)16-21(27)24-19-9-10-22(28)26(19,3)14-12-20(24)25/h16,18-20,24H,4-15H2,1-3H3/t18-,19?,20?,24?,25-,26-/m0/s1. The van der Waals surface area contributed by atoms with Crippen LogP contribution < -0.4 is 0 Å². The van der Waals surface area contributed by atoms with Crippen LogP contribution in [0, 0.1) is 28.6 Å². The molecule has 0 heterocycles. The molecule has 3 saturated carbocycles. The van der Waals surface area contributed by atoms with Gasteiger partial charge in [0.05, 0.1) is 0 Å². The molecule has 4 rings (SSSR count). The molecular weight excluding hydrogens is 376 g/mol. The molecule has 4 aliphatic rings. The molecule has 166 valence electrons. The summed E-state index contributed by atoms with van der Waals surface area (Å²) in [7, 11) is 0. The van der Waals surface area contributed by atoms with Gasteiger partial charge >= 0.3 is 5.97 Å². The van der Waals surface area contributed by atoms with Crippen LogP contribution >= 0.6 is 0 Å². The highest BCUT2D eigenvalue weighted by Crippen LogP contribution is 2.63. The Balaban J connectivity index is 1.45. The molecule has 6 atom stereocenters. The molecule has 30 heavy (non-hydrogen) atoms. The summed E-state index contributed by atoms with van der Waals surface area (Å²) in [5, 5.41) is 0. The van der Waals surface area contributed by atoms with Gasteiger partial charge in [-0.1, -0.05) is 45.6 Å². The molecule has 0 aromatic carbocycles. The molecule has 0 bridgehead atoms. The van der Waals surface area contributed by atoms with Crippen molar-refractivity contribution in [3.63, 3.8) is 0 Å². The summed E-state index contributed by atoms with van der Waals surface area (Å²) < 4.78 is 5.80. The second-order valence-corrected chi connectivity index (χ2v) is 10.8. The van der Waals surface area contributed by atoms with E-state index in [0.717, 1.165) is 57.8 Å². The number of hydrogen-bond acceptors (Lipinski definition) is 4. The molecule has 0 aromatic rings. The van der Waals surface area contributed by atoms with E-state index in [2.05, 4.69) is 20.8 Å². The van der Waals surface area contributed by atoms with Gasteiger partial charge in [0.2, 0.25) is 0 Å². The lowest BCUT2D eigenvalue weighted by Gasteiger charge is -2.56. The summed E-state index contributed by atoms with van der Waals surface area (Å²) in [5.41, 5.74) is 0.912. The van der Waals surface area contributed by atoms with Crippen molar-refractivity contribution in [3.8, 4) is 0 Å². The van der Waals surface area contributed by atoms with E-state index in [1.807, 2.05) is 6.08 Å². The highest BCUT2D eigenvalue weighted by molar-refractivity contribution is 5.96. The van der Waals surface area contributed by atoms with E-state index < -0.39 is 0 Å². The van der Waals surface area contributed by atoms with E-state index in [9.17, 15) is 14.4 Å². The predicted octanol–water partition coefficient (Wildman–Crippen LogP) is 5.58. The summed E-state index contributed by atoms with van der Waals surface area (Å²) in [6, 6.07) is 0. The van der Waals surface area contributed by atoms with Gasteiger partial charge in [-0.3, -0.25) is 14.4 Å². The van der Waals surface area contributed by atoms with Crippen molar-refractivity contribution in [1.29, 1.82) is 0 Å². The van der Waals surface area contributed by atoms with Gasteiger partial charge in [0.25, 0.3) is 0 Å². The number of fused-ring (bicyclic) bond motifs is 5. The van der Waals surface area contributed by atoms with Crippen LogP contribution in [0.2, 0.25) is 0 Å². The van der Waals surface area contributed by atoms with Crippen LogP contribution in [0.25, 0.3) is 0 Å². The Morgan fingerprint density at radius 2 is 1.77 bits per heavy atom. The number of rotatable bonds is 6. The fourth-order valence-electron chi connectivity index (χ4n) is 7.18. The van der Waals surface area contributed by atoms with E-state index in [1.54, 1.807) is 0 Å². The van der Waals surface area contributed by atoms with Gasteiger partial charge in [0, 0.05) is 30.6 Å². The van der Waals surface area contributed by atoms with E-state index in [4.69, 9.17) is 4.74 Å². The second kappa shape index (κ2) is 8.24. The molecule has 0 spiro atoms. The first-order valence-corrected chi connectivity index (χ1v) is 12.3. The minimum absolute atomic E-state index is 0.00150. The molecule has 0 radical (unpaired) electrons. The molecular formula is C26H38O4. The van der Waals surface area contributed by atoms with Crippen LogP contribution in [0.3, 0.4) is 0 Å². The number of esters is 1. The highest BCUT2D eigenvalue weighted by Gasteiger charge is 2.61. The van der Waals surface area contributed by atoms with E-state index >= 15 is 0 Å². The van der Waals surface area contributed by atoms with Crippen LogP contribution in [-0.4, -0.2) is 23.6 Å². The van der Waals surface area contributed by atoms with Crippen molar-refractivity contribution >= 4 is 17.5 Å². The van der Waals surface area contributed by atoms with E-state index in [0.29, 0.717) is 31.0 Å². The lowest BCUT2D eigenvalue weighted by Crippen LogP contribution is -2.53. The molecule has 0 aromatic heterocycles. The van der Waals surface area contributed by atoms with Crippen molar-refractivity contribution in [3.05, 3.63) is 11.6 Å². The van der Waals surface area contributed by atoms with Crippen molar-refractivity contribution in [2.24, 2.45) is 28.6 Å². The fourth-order valence-corrected chi connectivity index (χ4v) is 7.18. The third-order valence-corrected chi connectivity index (χ3v) is 9.14. The topological polar surface area (TPSA) is 60.4 Å². The maximum Gasteiger partial charge on any atom is 0.306 e. The number of Topliss-reactive ketones (excluding diaryl/α,β-unsaturated/α-hetero) is 1. The molecule has 4 aliphatic carbocycles. The minimum atomic E-state index is -0.289. The highest BCUT2D eigenvalue weighted by atomic mass is 16.5. The van der Waals surface area contributed by atoms with Gasteiger partial charge in [-0.25, -0.2) is 0 Å². The lowest BCUT2D eigenvalue weighted by atomic mass is 9.48. The number of carbonyl (C=O) groups is 3. The zero-order chi connectivity index (χ0) is 21.5. The van der Waals surface area contributed by atoms with Crippen LogP contribution in [-0.2, 0) is 19.1 Å². The van der Waals surface area contributed by atoms with Crippen LogP contribution in [0.5, 0.6) is 0 Å². The molecule has 0 N–H and O–H groups in total. The van der Waals surface area contributed by atoms with E-state index in [1.165, 1.54) is 5.57 Å². The number of carbonyl (C=O) groups excluding carboxylic acids is 3. The first kappa shape index (κ1) is 21.8. The first-order chi connectivity index (χ1) is 14.3. The maximum atomic E-state index is 13.3. The Labute approximate surface area is 181 Å². The lowest BCUT2D eigenvalue weighted by molar-refractivity contribution is -0.152. The molecule has 0 saturated heterocycles. The summed E-state index contributed by atoms with van der Waals surface area (Å²) in [4.78, 5) is 38.1. The molecule has 3 fully saturated rings. The van der Waals surface area contributed by atoms with Gasteiger partial charge in [0.1, 0.15) is 11.9 Å². The molecule has 3 unspecified atom stereocenters. The summed E-state index contributed by atoms with van der Waals surface area (Å²) in [6.07, 6.45) is 12.6. The van der Waals surface area contributed by atoms with E-state index in [-0.39, 0.29) is 40.5 Å². The SMILES string of the molecule is CCCCCCC(=O)O[C@H]1CC[C@@]2(C)C(=CC(=O)C3C2CC[C@]2(C)C(=O)CCC32)C1. The third-order valence-electron chi connectivity index (χ3n) is 9.14. The molecule has 4 heteroatoms. The summed E-state index contributed by atoms with van der Waals surface area (Å²) in [5.74, 6) is 1.06. The molecule has 4 nitrogen and oxygen atoms in total. The first-order valence-electron chi connectivity index (χ1n) is 12.3. The van der Waals surface area contributed by atoms with Gasteiger partial charge in [-0.15, -0.1) is 0 Å². The van der Waals surface area contributed by atoms with Gasteiger partial charge in [-0.2, -0.15) is 0 Å². The van der Waals surface area contributed by atoms with Crippen molar-refractivity contribution in [1.82, 2.24) is 0 Å². The van der Waals surface area contributed by atoms with Gasteiger partial charge < -0.3 is 4.74 Å². The number of ketones is 2. The fraction of sp³-hybridized carbons (Fsp3) is 0.808. The van der Waals surface area contributed by atoms with Crippen LogP contribution in [0.15, 0.2) is 11.6 Å². The van der Waals surface area contributed by atoms with Crippen molar-refractivity contribution in [2.45, 2.75) is 104 Å². The van der Waals surface area contributed by atoms with Crippen molar-refractivity contribution in [2.75, 3.05) is 0 Å². The van der Waals surface area contributed by atoms with Crippen LogP contribution in [0.1, 0.15) is 97.8 Å². The monoisotopic (exact) mass is 414 g/mol. The quantitative estimate of drug-likeness (QED) is 0.420. The Bertz CT molecular complexity index is 752. The minimum Gasteiger partial charge on any atom is -0.462 e. The smallest absolute Gasteiger partial charge is 0.306 e. The summed E-state index contributed by atoms with van der Waals surface area (Å²) >= 11 is 0. The van der Waals surface area contributed by atoms with Crippen LogP contribution in [0.4, 0.5) is 0 Å².